The van der Waals surface area contributed by atoms with Crippen molar-refractivity contribution in [2.45, 2.75) is 40.2 Å². The van der Waals surface area contributed by atoms with Crippen molar-refractivity contribution in [2.24, 2.45) is 0 Å². The van der Waals surface area contributed by atoms with E-state index in [1.54, 1.807) is 4.90 Å². The fourth-order valence-corrected chi connectivity index (χ4v) is 3.47. The van der Waals surface area contributed by atoms with Gasteiger partial charge in [-0.15, -0.1) is 0 Å². The van der Waals surface area contributed by atoms with Gasteiger partial charge in [-0.05, 0) is 68.5 Å². The molecule has 0 radical (unpaired) electrons. The minimum atomic E-state index is -0.114. The Balaban J connectivity index is 1.97. The van der Waals surface area contributed by atoms with E-state index in [1.807, 2.05) is 39.0 Å². The lowest BCUT2D eigenvalue weighted by Crippen LogP contribution is -2.33. The lowest BCUT2D eigenvalue weighted by Gasteiger charge is -2.22. The normalized spacial score (nSPS) is 14.5. The van der Waals surface area contributed by atoms with Gasteiger partial charge in [-0.2, -0.15) is 0 Å². The van der Waals surface area contributed by atoms with Gasteiger partial charge in [-0.1, -0.05) is 11.6 Å². The molecule has 1 N–H and O–H groups in total. The fourth-order valence-electron chi connectivity index (χ4n) is 3.28. The van der Waals surface area contributed by atoms with Crippen LogP contribution in [0.5, 0.6) is 0 Å². The van der Waals surface area contributed by atoms with E-state index >= 15 is 0 Å². The smallest absolute Gasteiger partial charge is 0.254 e. The molecule has 1 aromatic carbocycles. The van der Waals surface area contributed by atoms with E-state index in [0.717, 1.165) is 35.2 Å². The molecule has 0 aliphatic carbocycles. The monoisotopic (exact) mass is 344 g/mol. The molecule has 0 bridgehead atoms. The first-order chi connectivity index (χ1) is 11.4. The first-order valence-corrected chi connectivity index (χ1v) is 8.52. The summed E-state index contributed by atoms with van der Waals surface area (Å²) in [7, 11) is 0. The summed E-state index contributed by atoms with van der Waals surface area (Å²) < 4.78 is 0. The maximum atomic E-state index is 13.0. The van der Waals surface area contributed by atoms with Crippen molar-refractivity contribution in [3.63, 3.8) is 0 Å². The van der Waals surface area contributed by atoms with Crippen LogP contribution in [0.25, 0.3) is 0 Å². The summed E-state index contributed by atoms with van der Waals surface area (Å²) in [6, 6.07) is 5.71. The van der Waals surface area contributed by atoms with Gasteiger partial charge in [-0.3, -0.25) is 9.59 Å². The number of halogens is 1. The third-order valence-electron chi connectivity index (χ3n) is 4.62. The van der Waals surface area contributed by atoms with Crippen molar-refractivity contribution in [1.82, 2.24) is 9.88 Å². The van der Waals surface area contributed by atoms with Crippen LogP contribution in [0.4, 0.5) is 0 Å². The number of carbonyl (C=O) groups excluding carboxylic acids is 1. The molecular weight excluding hydrogens is 324 g/mol. The molecule has 0 fully saturated rings. The number of carbonyl (C=O) groups is 1. The summed E-state index contributed by atoms with van der Waals surface area (Å²) in [5.74, 6) is -0.0263. The number of hydrogen-bond acceptors (Lipinski definition) is 2. The molecule has 1 aromatic heterocycles. The molecule has 0 spiro atoms. The molecule has 1 aliphatic heterocycles. The number of H-pyrrole nitrogens is 1. The molecule has 5 heteroatoms. The number of hydrogen-bond donors (Lipinski definition) is 1. The van der Waals surface area contributed by atoms with Crippen molar-refractivity contribution in [2.75, 3.05) is 6.54 Å². The highest BCUT2D eigenvalue weighted by Crippen LogP contribution is 2.26. The molecular formula is C19H21ClN2O2. The number of nitrogens with zero attached hydrogens (tertiary/aromatic N) is 1. The predicted octanol–water partition coefficient (Wildman–Crippen LogP) is 3.54. The number of benzene rings is 1. The fraction of sp³-hybridized carbons (Fsp3) is 0.368. The molecule has 126 valence electrons. The van der Waals surface area contributed by atoms with Crippen LogP contribution in [-0.4, -0.2) is 22.3 Å². The first-order valence-electron chi connectivity index (χ1n) is 8.14. The second-order valence-electron chi connectivity index (χ2n) is 6.53. The van der Waals surface area contributed by atoms with Gasteiger partial charge in [0.1, 0.15) is 0 Å². The molecule has 1 amide bonds. The van der Waals surface area contributed by atoms with Crippen LogP contribution in [0.2, 0.25) is 5.02 Å². The second-order valence-corrected chi connectivity index (χ2v) is 6.94. The lowest BCUT2D eigenvalue weighted by molar-refractivity contribution is 0.0748. The van der Waals surface area contributed by atoms with Crippen molar-refractivity contribution in [1.29, 1.82) is 0 Å². The third kappa shape index (κ3) is 3.11. The number of rotatable bonds is 2. The van der Waals surface area contributed by atoms with Crippen LogP contribution in [0, 0.1) is 20.8 Å². The minimum absolute atomic E-state index is 0.0263. The third-order valence-corrected chi connectivity index (χ3v) is 5.03. The maximum Gasteiger partial charge on any atom is 0.254 e. The molecule has 0 saturated heterocycles. The molecule has 2 heterocycles. The van der Waals surface area contributed by atoms with Gasteiger partial charge in [-0.25, -0.2) is 0 Å². The topological polar surface area (TPSA) is 53.2 Å². The largest absolute Gasteiger partial charge is 0.334 e. The first kappa shape index (κ1) is 16.8. The van der Waals surface area contributed by atoms with E-state index in [9.17, 15) is 9.59 Å². The quantitative estimate of drug-likeness (QED) is 0.905. The molecule has 1 aliphatic rings. The van der Waals surface area contributed by atoms with Gasteiger partial charge in [0.25, 0.3) is 11.5 Å². The molecule has 0 atom stereocenters. The molecule has 0 saturated carbocycles. The summed E-state index contributed by atoms with van der Waals surface area (Å²) >= 11 is 6.20. The number of aromatic nitrogens is 1. The van der Waals surface area contributed by atoms with E-state index < -0.39 is 0 Å². The Hall–Kier alpha value is -2.07. The Morgan fingerprint density at radius 1 is 1.12 bits per heavy atom. The molecule has 3 rings (SSSR count). The summed E-state index contributed by atoms with van der Waals surface area (Å²) in [6.07, 6.45) is 1.68. The van der Waals surface area contributed by atoms with Crippen LogP contribution in [0.15, 0.2) is 23.0 Å². The Morgan fingerprint density at radius 2 is 1.88 bits per heavy atom. The Kier molecular flexibility index (Phi) is 4.50. The molecule has 4 nitrogen and oxygen atoms in total. The highest BCUT2D eigenvalue weighted by atomic mass is 35.5. The molecule has 2 aromatic rings. The molecule has 0 unspecified atom stereocenters. The predicted molar refractivity (Wildman–Crippen MR) is 95.8 cm³/mol. The summed E-state index contributed by atoms with van der Waals surface area (Å²) in [5, 5.41) is 0.695. The van der Waals surface area contributed by atoms with Crippen molar-refractivity contribution in [3.8, 4) is 0 Å². The van der Waals surface area contributed by atoms with Gasteiger partial charge < -0.3 is 9.88 Å². The number of fused-ring (bicyclic) bond motifs is 1. The Morgan fingerprint density at radius 3 is 2.58 bits per heavy atom. The Labute approximate surface area is 146 Å². The highest BCUT2D eigenvalue weighted by Gasteiger charge is 2.24. The lowest BCUT2D eigenvalue weighted by atomic mass is 10.0. The SMILES string of the molecule is Cc1cc(C)c(CN2CCCc3cc(Cl)c(C)cc3C2=O)c(=O)[nH]1. The van der Waals surface area contributed by atoms with Crippen LogP contribution in [-0.2, 0) is 13.0 Å². The van der Waals surface area contributed by atoms with E-state index in [2.05, 4.69) is 4.98 Å². The van der Waals surface area contributed by atoms with E-state index in [0.29, 0.717) is 29.2 Å². The second kappa shape index (κ2) is 6.44. The van der Waals surface area contributed by atoms with Crippen molar-refractivity contribution in [3.05, 3.63) is 67.1 Å². The van der Waals surface area contributed by atoms with Crippen LogP contribution in [0.1, 0.15) is 44.7 Å². The van der Waals surface area contributed by atoms with Gasteiger partial charge in [0.2, 0.25) is 0 Å². The Bertz CT molecular complexity index is 870. The number of aromatic amines is 1. The van der Waals surface area contributed by atoms with E-state index in [1.165, 1.54) is 0 Å². The minimum Gasteiger partial charge on any atom is -0.334 e. The summed E-state index contributed by atoms with van der Waals surface area (Å²) in [5.41, 5.74) is 4.89. The standard InChI is InChI=1S/C19H21ClN2O2/c1-11-7-13(3)21-18(23)16(11)10-22-6-4-5-14-9-17(20)12(2)8-15(14)19(22)24/h7-9H,4-6,10H2,1-3H3,(H,21,23). The zero-order valence-electron chi connectivity index (χ0n) is 14.2. The van der Waals surface area contributed by atoms with Crippen molar-refractivity contribution < 1.29 is 4.79 Å². The van der Waals surface area contributed by atoms with Crippen LogP contribution >= 0.6 is 11.6 Å². The van der Waals surface area contributed by atoms with Gasteiger partial charge in [0, 0.05) is 28.4 Å². The van der Waals surface area contributed by atoms with Crippen molar-refractivity contribution >= 4 is 17.5 Å². The average Bonchev–Trinajstić information content (AvgIpc) is 2.64. The zero-order valence-corrected chi connectivity index (χ0v) is 15.0. The van der Waals surface area contributed by atoms with Gasteiger partial charge in [0.05, 0.1) is 6.54 Å². The maximum absolute atomic E-state index is 13.0. The number of amides is 1. The highest BCUT2D eigenvalue weighted by molar-refractivity contribution is 6.31. The number of nitrogens with one attached hydrogen (secondary N) is 1. The summed E-state index contributed by atoms with van der Waals surface area (Å²) in [6.45, 7) is 6.65. The number of pyridine rings is 1. The molecule has 24 heavy (non-hydrogen) atoms. The van der Waals surface area contributed by atoms with Crippen LogP contribution < -0.4 is 5.56 Å². The average molecular weight is 345 g/mol. The van der Waals surface area contributed by atoms with Gasteiger partial charge >= 0.3 is 0 Å². The van der Waals surface area contributed by atoms with E-state index in [4.69, 9.17) is 11.6 Å². The zero-order chi connectivity index (χ0) is 17.4. The number of aryl methyl sites for hydroxylation is 4. The van der Waals surface area contributed by atoms with Gasteiger partial charge in [0.15, 0.2) is 0 Å². The summed E-state index contributed by atoms with van der Waals surface area (Å²) in [4.78, 5) is 29.8. The van der Waals surface area contributed by atoms with Crippen LogP contribution in [0.3, 0.4) is 0 Å². The van der Waals surface area contributed by atoms with E-state index in [-0.39, 0.29) is 11.5 Å².